The lowest BCUT2D eigenvalue weighted by Crippen LogP contribution is -2.44. The van der Waals surface area contributed by atoms with Gasteiger partial charge in [-0.25, -0.2) is 0 Å². The summed E-state index contributed by atoms with van der Waals surface area (Å²) >= 11 is 0. The predicted octanol–water partition coefficient (Wildman–Crippen LogP) is 0.524. The predicted molar refractivity (Wildman–Crippen MR) is 84.6 cm³/mol. The molecular weight excluding hydrogens is 282 g/mol. The third-order valence-electron chi connectivity index (χ3n) is 4.44. The monoisotopic (exact) mass is 309 g/mol. The first kappa shape index (κ1) is 17.1. The molecule has 2 heterocycles. The third-order valence-corrected chi connectivity index (χ3v) is 4.44. The maximum absolute atomic E-state index is 10.1. The molecule has 22 heavy (non-hydrogen) atoms. The van der Waals surface area contributed by atoms with E-state index in [-0.39, 0.29) is 25.0 Å². The average molecular weight is 309 g/mol. The highest BCUT2D eigenvalue weighted by Gasteiger charge is 2.20. The molecule has 0 bridgehead atoms. The summed E-state index contributed by atoms with van der Waals surface area (Å²) in [5.41, 5.74) is 1.94. The molecule has 0 amide bonds. The number of hydrogen-bond donors (Lipinski definition) is 4. The van der Waals surface area contributed by atoms with Crippen molar-refractivity contribution in [2.45, 2.75) is 45.4 Å². The molecule has 1 aromatic rings. The largest absolute Gasteiger partial charge is 0.506 e. The molecule has 1 aromatic heterocycles. The van der Waals surface area contributed by atoms with Gasteiger partial charge in [0.1, 0.15) is 5.75 Å². The molecule has 0 radical (unpaired) electrons. The molecule has 1 unspecified atom stereocenters. The van der Waals surface area contributed by atoms with Gasteiger partial charge in [-0.3, -0.25) is 9.88 Å². The SMILES string of the molecule is Cc1ncc(CO)c(CNCCN2CCCCC2CO)c1O. The molecule has 124 valence electrons. The summed E-state index contributed by atoms with van der Waals surface area (Å²) in [7, 11) is 0. The number of nitrogens with one attached hydrogen (secondary N) is 1. The van der Waals surface area contributed by atoms with E-state index in [4.69, 9.17) is 0 Å². The van der Waals surface area contributed by atoms with Crippen LogP contribution in [0.2, 0.25) is 0 Å². The Bertz CT molecular complexity index is 482. The molecule has 1 saturated heterocycles. The number of pyridine rings is 1. The van der Waals surface area contributed by atoms with E-state index in [2.05, 4.69) is 15.2 Å². The zero-order chi connectivity index (χ0) is 15.9. The van der Waals surface area contributed by atoms with E-state index in [1.54, 1.807) is 13.1 Å². The summed E-state index contributed by atoms with van der Waals surface area (Å²) in [4.78, 5) is 6.38. The fraction of sp³-hybridized carbons (Fsp3) is 0.688. The van der Waals surface area contributed by atoms with Crippen LogP contribution in [0.5, 0.6) is 5.75 Å². The fourth-order valence-electron chi connectivity index (χ4n) is 3.01. The van der Waals surface area contributed by atoms with Gasteiger partial charge in [0.05, 0.1) is 18.9 Å². The quantitative estimate of drug-likeness (QED) is 0.549. The smallest absolute Gasteiger partial charge is 0.141 e. The van der Waals surface area contributed by atoms with Crippen molar-refractivity contribution < 1.29 is 15.3 Å². The second kappa shape index (κ2) is 8.43. The Labute approximate surface area is 131 Å². The summed E-state index contributed by atoms with van der Waals surface area (Å²) in [6.07, 6.45) is 5.06. The Kier molecular flexibility index (Phi) is 6.57. The van der Waals surface area contributed by atoms with E-state index in [0.717, 1.165) is 26.1 Å². The molecule has 0 aromatic carbocycles. The topological polar surface area (TPSA) is 88.9 Å². The lowest BCUT2D eigenvalue weighted by atomic mass is 10.0. The molecule has 2 rings (SSSR count). The van der Waals surface area contributed by atoms with E-state index in [0.29, 0.717) is 23.4 Å². The van der Waals surface area contributed by atoms with E-state index in [9.17, 15) is 15.3 Å². The Balaban J connectivity index is 1.85. The summed E-state index contributed by atoms with van der Waals surface area (Å²) in [6.45, 7) is 5.04. The van der Waals surface area contributed by atoms with Crippen LogP contribution in [-0.2, 0) is 13.2 Å². The number of rotatable bonds is 7. The lowest BCUT2D eigenvalue weighted by Gasteiger charge is -2.34. The molecule has 6 nitrogen and oxygen atoms in total. The van der Waals surface area contributed by atoms with Crippen LogP contribution in [0.3, 0.4) is 0 Å². The molecule has 1 aliphatic heterocycles. The maximum Gasteiger partial charge on any atom is 0.141 e. The van der Waals surface area contributed by atoms with E-state index >= 15 is 0 Å². The molecule has 0 aliphatic carbocycles. The van der Waals surface area contributed by atoms with Gasteiger partial charge in [-0.05, 0) is 26.3 Å². The maximum atomic E-state index is 10.1. The van der Waals surface area contributed by atoms with Crippen molar-refractivity contribution in [3.8, 4) is 5.75 Å². The van der Waals surface area contributed by atoms with Gasteiger partial charge in [0, 0.05) is 43.0 Å². The zero-order valence-corrected chi connectivity index (χ0v) is 13.3. The number of aromatic nitrogens is 1. The van der Waals surface area contributed by atoms with Crippen LogP contribution in [0.15, 0.2) is 6.20 Å². The minimum Gasteiger partial charge on any atom is -0.506 e. The molecule has 0 saturated carbocycles. The Hall–Kier alpha value is -1.21. The Morgan fingerprint density at radius 3 is 2.91 bits per heavy atom. The lowest BCUT2D eigenvalue weighted by molar-refractivity contribution is 0.0910. The van der Waals surface area contributed by atoms with E-state index in [1.165, 1.54) is 12.8 Å². The number of aromatic hydroxyl groups is 1. The second-order valence-corrected chi connectivity index (χ2v) is 5.90. The summed E-state index contributed by atoms with van der Waals surface area (Å²) in [5, 5.41) is 32.1. The van der Waals surface area contributed by atoms with Crippen molar-refractivity contribution in [3.05, 3.63) is 23.0 Å². The highest BCUT2D eigenvalue weighted by molar-refractivity contribution is 5.40. The van der Waals surface area contributed by atoms with Crippen molar-refractivity contribution >= 4 is 0 Å². The highest BCUT2D eigenvalue weighted by Crippen LogP contribution is 2.23. The van der Waals surface area contributed by atoms with Gasteiger partial charge in [-0.15, -0.1) is 0 Å². The van der Waals surface area contributed by atoms with Gasteiger partial charge < -0.3 is 20.6 Å². The number of likely N-dealkylation sites (tertiary alicyclic amines) is 1. The summed E-state index contributed by atoms with van der Waals surface area (Å²) < 4.78 is 0. The standard InChI is InChI=1S/C16H27N3O3/c1-12-16(22)15(13(10-20)8-18-12)9-17-5-7-19-6-3-2-4-14(19)11-21/h8,14,17,20-22H,2-7,9-11H2,1H3. The number of aliphatic hydroxyl groups is 2. The zero-order valence-electron chi connectivity index (χ0n) is 13.3. The van der Waals surface area contributed by atoms with Crippen molar-refractivity contribution in [2.24, 2.45) is 0 Å². The summed E-state index contributed by atoms with van der Waals surface area (Å²) in [5.74, 6) is 0.158. The second-order valence-electron chi connectivity index (χ2n) is 5.90. The fourth-order valence-corrected chi connectivity index (χ4v) is 3.01. The number of hydrogen-bond acceptors (Lipinski definition) is 6. The average Bonchev–Trinajstić information content (AvgIpc) is 2.55. The number of aliphatic hydroxyl groups excluding tert-OH is 2. The molecule has 1 fully saturated rings. The van der Waals surface area contributed by atoms with E-state index in [1.807, 2.05) is 0 Å². The molecular formula is C16H27N3O3. The van der Waals surface area contributed by atoms with Gasteiger partial charge in [0.15, 0.2) is 0 Å². The van der Waals surface area contributed by atoms with E-state index < -0.39 is 0 Å². The molecule has 6 heteroatoms. The molecule has 4 N–H and O–H groups in total. The first-order valence-corrected chi connectivity index (χ1v) is 8.00. The number of piperidine rings is 1. The highest BCUT2D eigenvalue weighted by atomic mass is 16.3. The van der Waals surface area contributed by atoms with Gasteiger partial charge in [-0.1, -0.05) is 6.42 Å². The third kappa shape index (κ3) is 4.16. The van der Waals surface area contributed by atoms with Crippen LogP contribution >= 0.6 is 0 Å². The van der Waals surface area contributed by atoms with Crippen LogP contribution in [0.4, 0.5) is 0 Å². The Morgan fingerprint density at radius 2 is 2.18 bits per heavy atom. The van der Waals surface area contributed by atoms with Gasteiger partial charge >= 0.3 is 0 Å². The minimum atomic E-state index is -0.128. The van der Waals surface area contributed by atoms with Gasteiger partial charge in [-0.2, -0.15) is 0 Å². The normalized spacial score (nSPS) is 19.5. The molecule has 1 aliphatic rings. The first-order valence-electron chi connectivity index (χ1n) is 8.00. The van der Waals surface area contributed by atoms with Crippen LogP contribution in [0.1, 0.15) is 36.1 Å². The van der Waals surface area contributed by atoms with Crippen molar-refractivity contribution in [3.63, 3.8) is 0 Å². The van der Waals surface area contributed by atoms with Crippen LogP contribution < -0.4 is 5.32 Å². The number of aryl methyl sites for hydroxylation is 1. The van der Waals surface area contributed by atoms with Crippen LogP contribution in [0.25, 0.3) is 0 Å². The minimum absolute atomic E-state index is 0.128. The first-order chi connectivity index (χ1) is 10.7. The number of nitrogens with zero attached hydrogens (tertiary/aromatic N) is 2. The van der Waals surface area contributed by atoms with Crippen LogP contribution in [-0.4, -0.2) is 57.5 Å². The van der Waals surface area contributed by atoms with Crippen molar-refractivity contribution in [2.75, 3.05) is 26.2 Å². The van der Waals surface area contributed by atoms with Crippen LogP contribution in [0, 0.1) is 6.92 Å². The molecule has 0 spiro atoms. The Morgan fingerprint density at radius 1 is 1.36 bits per heavy atom. The van der Waals surface area contributed by atoms with Gasteiger partial charge in [0.25, 0.3) is 0 Å². The summed E-state index contributed by atoms with van der Waals surface area (Å²) in [6, 6.07) is 0.278. The van der Waals surface area contributed by atoms with Crippen molar-refractivity contribution in [1.82, 2.24) is 15.2 Å². The van der Waals surface area contributed by atoms with Crippen molar-refractivity contribution in [1.29, 1.82) is 0 Å². The molecule has 1 atom stereocenters. The van der Waals surface area contributed by atoms with Gasteiger partial charge in [0.2, 0.25) is 0 Å².